The number of rotatable bonds is 9. The van der Waals surface area contributed by atoms with Crippen molar-refractivity contribution in [3.8, 4) is 11.5 Å². The van der Waals surface area contributed by atoms with Crippen LogP contribution in [0.5, 0.6) is 11.5 Å². The first-order valence-electron chi connectivity index (χ1n) is 11.6. The van der Waals surface area contributed by atoms with E-state index in [4.69, 9.17) is 9.47 Å². The molecule has 0 bridgehead atoms. The summed E-state index contributed by atoms with van der Waals surface area (Å²) in [6.45, 7) is 1.56. The average molecular weight is 448 g/mol. The largest absolute Gasteiger partial charge is 0.489 e. The van der Waals surface area contributed by atoms with Gasteiger partial charge in [-0.05, 0) is 55.6 Å². The lowest BCUT2D eigenvalue weighted by molar-refractivity contribution is -0.0606. The van der Waals surface area contributed by atoms with Crippen LogP contribution in [-0.4, -0.2) is 40.4 Å². The molecule has 1 aliphatic rings. The molecule has 5 nitrogen and oxygen atoms in total. The third-order valence-corrected chi connectivity index (χ3v) is 6.29. The number of nitrogens with zero attached hydrogens (tertiary/aromatic N) is 1. The molecule has 4 rings (SSSR count). The Labute approximate surface area is 196 Å². The third-order valence-electron chi connectivity index (χ3n) is 6.29. The fraction of sp³-hybridized carbons (Fsp3) is 0.357. The maximum Gasteiger partial charge on any atom is 0.124 e. The van der Waals surface area contributed by atoms with E-state index in [1.807, 2.05) is 85.9 Å². The molecule has 174 valence electrons. The van der Waals surface area contributed by atoms with Crippen molar-refractivity contribution in [3.63, 3.8) is 0 Å². The smallest absolute Gasteiger partial charge is 0.124 e. The number of ether oxygens (including phenoxy) is 2. The van der Waals surface area contributed by atoms with Crippen LogP contribution in [0.3, 0.4) is 0 Å². The molecule has 33 heavy (non-hydrogen) atoms. The summed E-state index contributed by atoms with van der Waals surface area (Å²) in [6.07, 6.45) is 1.01. The molecule has 1 aliphatic carbocycles. The Kier molecular flexibility index (Phi) is 8.00. The van der Waals surface area contributed by atoms with E-state index in [2.05, 4.69) is 4.90 Å². The van der Waals surface area contributed by atoms with Crippen molar-refractivity contribution in [3.05, 3.63) is 95.6 Å². The first-order valence-corrected chi connectivity index (χ1v) is 11.6. The molecule has 2 N–H and O–H groups in total. The molecule has 0 aliphatic heterocycles. The van der Waals surface area contributed by atoms with Crippen molar-refractivity contribution in [2.45, 2.75) is 57.3 Å². The number of hydrogen-bond acceptors (Lipinski definition) is 5. The fourth-order valence-corrected chi connectivity index (χ4v) is 4.39. The number of hydrogen-bond donors (Lipinski definition) is 2. The van der Waals surface area contributed by atoms with Crippen LogP contribution in [0.15, 0.2) is 78.9 Å². The van der Waals surface area contributed by atoms with Crippen LogP contribution in [0.1, 0.15) is 36.0 Å². The molecule has 0 amide bonds. The quantitative estimate of drug-likeness (QED) is 0.504. The Balaban J connectivity index is 1.50. The van der Waals surface area contributed by atoms with Gasteiger partial charge in [0.15, 0.2) is 0 Å². The second kappa shape index (κ2) is 11.3. The lowest BCUT2D eigenvalue weighted by Gasteiger charge is -2.38. The highest BCUT2D eigenvalue weighted by molar-refractivity contribution is 5.41. The molecule has 0 radical (unpaired) electrons. The van der Waals surface area contributed by atoms with Crippen LogP contribution >= 0.6 is 0 Å². The second-order valence-electron chi connectivity index (χ2n) is 8.79. The zero-order valence-corrected chi connectivity index (χ0v) is 19.1. The first-order chi connectivity index (χ1) is 16.1. The van der Waals surface area contributed by atoms with Gasteiger partial charge in [-0.2, -0.15) is 0 Å². The number of aliphatic hydroxyl groups is 2. The minimum atomic E-state index is -0.741. The first kappa shape index (κ1) is 23.3. The molecule has 0 heterocycles. The Morgan fingerprint density at radius 3 is 2.12 bits per heavy atom. The number of benzene rings is 3. The molecule has 3 aromatic rings. The second-order valence-corrected chi connectivity index (χ2v) is 8.79. The van der Waals surface area contributed by atoms with Crippen LogP contribution in [0, 0.1) is 0 Å². The summed E-state index contributed by atoms with van der Waals surface area (Å²) in [4.78, 5) is 2.11. The summed E-state index contributed by atoms with van der Waals surface area (Å²) in [5.41, 5.74) is 3.21. The highest BCUT2D eigenvalue weighted by Gasteiger charge is 2.33. The van der Waals surface area contributed by atoms with Gasteiger partial charge in [0.2, 0.25) is 0 Å². The van der Waals surface area contributed by atoms with Gasteiger partial charge in [-0.3, -0.25) is 4.90 Å². The molecule has 3 aromatic carbocycles. The number of aliphatic hydroxyl groups excluding tert-OH is 2. The van der Waals surface area contributed by atoms with E-state index >= 15 is 0 Å². The van der Waals surface area contributed by atoms with Gasteiger partial charge in [0.1, 0.15) is 24.7 Å². The Morgan fingerprint density at radius 1 is 0.818 bits per heavy atom. The van der Waals surface area contributed by atoms with Crippen molar-refractivity contribution in [2.24, 2.45) is 0 Å². The molecular weight excluding hydrogens is 414 g/mol. The van der Waals surface area contributed by atoms with E-state index in [1.165, 1.54) is 0 Å². The predicted octanol–water partition coefficient (Wildman–Crippen LogP) is 4.55. The van der Waals surface area contributed by atoms with Crippen molar-refractivity contribution in [1.82, 2.24) is 4.90 Å². The maximum atomic E-state index is 10.5. The highest BCUT2D eigenvalue weighted by atomic mass is 16.5. The van der Waals surface area contributed by atoms with E-state index < -0.39 is 12.2 Å². The zero-order valence-electron chi connectivity index (χ0n) is 19.1. The zero-order chi connectivity index (χ0) is 23.0. The summed E-state index contributed by atoms with van der Waals surface area (Å²) in [6, 6.07) is 26.0. The van der Waals surface area contributed by atoms with Crippen molar-refractivity contribution in [1.29, 1.82) is 0 Å². The van der Waals surface area contributed by atoms with Crippen LogP contribution in [0.25, 0.3) is 0 Å². The van der Waals surface area contributed by atoms with Crippen molar-refractivity contribution < 1.29 is 19.7 Å². The van der Waals surface area contributed by atoms with E-state index in [9.17, 15) is 10.2 Å². The van der Waals surface area contributed by atoms with Crippen LogP contribution in [-0.2, 0) is 19.8 Å². The molecule has 1 saturated carbocycles. The topological polar surface area (TPSA) is 62.2 Å². The van der Waals surface area contributed by atoms with Crippen LogP contribution in [0.4, 0.5) is 0 Å². The third kappa shape index (κ3) is 6.35. The fourth-order valence-electron chi connectivity index (χ4n) is 4.39. The van der Waals surface area contributed by atoms with Crippen molar-refractivity contribution >= 4 is 0 Å². The maximum absolute atomic E-state index is 10.5. The summed E-state index contributed by atoms with van der Waals surface area (Å²) < 4.78 is 12.2. The molecule has 5 heteroatoms. The molecule has 0 unspecified atom stereocenters. The summed E-state index contributed by atoms with van der Waals surface area (Å²) >= 11 is 0. The van der Waals surface area contributed by atoms with Gasteiger partial charge < -0.3 is 19.7 Å². The van der Waals surface area contributed by atoms with Gasteiger partial charge in [-0.1, -0.05) is 60.7 Å². The normalized spacial score (nSPS) is 20.5. The van der Waals surface area contributed by atoms with Crippen LogP contribution < -0.4 is 9.47 Å². The van der Waals surface area contributed by atoms with Crippen molar-refractivity contribution in [2.75, 3.05) is 7.05 Å². The van der Waals surface area contributed by atoms with Gasteiger partial charge in [0.25, 0.3) is 0 Å². The van der Waals surface area contributed by atoms with Gasteiger partial charge in [0, 0.05) is 18.2 Å². The number of likely N-dealkylation sites (N-methyl/N-ethyl adjacent to an activating group) is 1. The highest BCUT2D eigenvalue weighted by Crippen LogP contribution is 2.30. The van der Waals surface area contributed by atoms with Crippen LogP contribution in [0.2, 0.25) is 0 Å². The van der Waals surface area contributed by atoms with Gasteiger partial charge in [-0.25, -0.2) is 0 Å². The van der Waals surface area contributed by atoms with E-state index in [1.54, 1.807) is 0 Å². The van der Waals surface area contributed by atoms with Gasteiger partial charge >= 0.3 is 0 Å². The van der Waals surface area contributed by atoms with Gasteiger partial charge in [-0.15, -0.1) is 0 Å². The molecule has 0 spiro atoms. The summed E-state index contributed by atoms with van der Waals surface area (Å²) in [5.74, 6) is 1.57. The lowest BCUT2D eigenvalue weighted by Crippen LogP contribution is -2.49. The Hall–Kier alpha value is -2.86. The standard InChI is InChI=1S/C28H33NO4/c1-29(25-13-8-14-26(30)28(25)31)18-23-17-24(32-19-21-9-4-2-5-10-21)15-16-27(23)33-20-22-11-6-3-7-12-22/h2-7,9-12,15-17,25-26,28,30-31H,8,13-14,18-20H2,1H3/t25-,26-,28-/m1/s1. The Morgan fingerprint density at radius 2 is 1.45 bits per heavy atom. The lowest BCUT2D eigenvalue weighted by atomic mass is 9.89. The molecule has 0 saturated heterocycles. The minimum Gasteiger partial charge on any atom is -0.489 e. The van der Waals surface area contributed by atoms with E-state index in [-0.39, 0.29) is 6.04 Å². The SMILES string of the molecule is CN(Cc1cc(OCc2ccccc2)ccc1OCc1ccccc1)[C@@H]1CCC[C@@H](O)[C@@H]1O. The monoisotopic (exact) mass is 447 g/mol. The molecule has 3 atom stereocenters. The molecule has 1 fully saturated rings. The Bertz CT molecular complexity index is 995. The van der Waals surface area contributed by atoms with Gasteiger partial charge in [0.05, 0.1) is 12.2 Å². The molecular formula is C28H33NO4. The summed E-state index contributed by atoms with van der Waals surface area (Å²) in [5, 5.41) is 20.7. The molecule has 0 aromatic heterocycles. The summed E-state index contributed by atoms with van der Waals surface area (Å²) in [7, 11) is 1.99. The minimum absolute atomic E-state index is 0.0929. The van der Waals surface area contributed by atoms with E-state index in [0.717, 1.165) is 41.0 Å². The van der Waals surface area contributed by atoms with E-state index in [0.29, 0.717) is 26.2 Å². The predicted molar refractivity (Wildman–Crippen MR) is 129 cm³/mol. The average Bonchev–Trinajstić information content (AvgIpc) is 2.85.